The van der Waals surface area contributed by atoms with E-state index >= 15 is 0 Å². The number of fused-ring (bicyclic) bond motifs is 1. The van der Waals surface area contributed by atoms with Gasteiger partial charge in [0.05, 0.1) is 5.56 Å². The summed E-state index contributed by atoms with van der Waals surface area (Å²) in [4.78, 5) is 19.8. The first-order chi connectivity index (χ1) is 9.33. The Balaban J connectivity index is 1.87. The molecule has 0 spiro atoms. The first kappa shape index (κ1) is 11.5. The Labute approximate surface area is 111 Å². The molecule has 0 atom stereocenters. The van der Waals surface area contributed by atoms with Gasteiger partial charge in [0.15, 0.2) is 5.78 Å². The molecule has 0 bridgehead atoms. The Morgan fingerprint density at radius 1 is 0.947 bits per heavy atom. The van der Waals surface area contributed by atoms with Crippen LogP contribution in [0.2, 0.25) is 0 Å². The fourth-order valence-corrected chi connectivity index (χ4v) is 2.08. The summed E-state index contributed by atoms with van der Waals surface area (Å²) >= 11 is 0. The monoisotopic (exact) mass is 248 g/mol. The predicted octanol–water partition coefficient (Wildman–Crippen LogP) is 3.06. The van der Waals surface area contributed by atoms with E-state index < -0.39 is 0 Å². The van der Waals surface area contributed by atoms with Crippen LogP contribution >= 0.6 is 0 Å². The third-order valence-electron chi connectivity index (χ3n) is 3.06. The molecule has 2 aromatic carbocycles. The Kier molecular flexibility index (Phi) is 3.02. The van der Waals surface area contributed by atoms with Gasteiger partial charge in [-0.1, -0.05) is 42.5 Å². The van der Waals surface area contributed by atoms with Crippen molar-refractivity contribution < 1.29 is 4.79 Å². The summed E-state index contributed by atoms with van der Waals surface area (Å²) in [5.74, 6) is 0.0379. The largest absolute Gasteiger partial charge is 0.294 e. The molecule has 3 aromatic rings. The SMILES string of the molecule is O=C(Cc1ccc2ccccc2c1)c1cncnc1. The number of rotatable bonds is 3. The second kappa shape index (κ2) is 4.98. The highest BCUT2D eigenvalue weighted by Crippen LogP contribution is 2.16. The molecule has 0 saturated heterocycles. The van der Waals surface area contributed by atoms with Gasteiger partial charge in [0.2, 0.25) is 0 Å². The van der Waals surface area contributed by atoms with E-state index in [-0.39, 0.29) is 5.78 Å². The van der Waals surface area contributed by atoms with Gasteiger partial charge in [0.1, 0.15) is 6.33 Å². The van der Waals surface area contributed by atoms with Crippen LogP contribution in [0.3, 0.4) is 0 Å². The van der Waals surface area contributed by atoms with Crippen molar-refractivity contribution in [2.75, 3.05) is 0 Å². The smallest absolute Gasteiger partial charge is 0.170 e. The number of carbonyl (C=O) groups is 1. The van der Waals surface area contributed by atoms with Crippen LogP contribution in [0.5, 0.6) is 0 Å². The van der Waals surface area contributed by atoms with Crippen LogP contribution in [0.4, 0.5) is 0 Å². The molecule has 92 valence electrons. The number of benzene rings is 2. The molecule has 19 heavy (non-hydrogen) atoms. The van der Waals surface area contributed by atoms with Crippen molar-refractivity contribution in [3.8, 4) is 0 Å². The van der Waals surface area contributed by atoms with Crippen molar-refractivity contribution in [1.29, 1.82) is 0 Å². The molecule has 0 aliphatic rings. The Morgan fingerprint density at radius 3 is 2.47 bits per heavy atom. The van der Waals surface area contributed by atoms with Gasteiger partial charge in [0.25, 0.3) is 0 Å². The van der Waals surface area contributed by atoms with Crippen molar-refractivity contribution >= 4 is 16.6 Å². The summed E-state index contributed by atoms with van der Waals surface area (Å²) in [6, 6.07) is 14.2. The van der Waals surface area contributed by atoms with E-state index in [0.717, 1.165) is 10.9 Å². The minimum absolute atomic E-state index is 0.0379. The van der Waals surface area contributed by atoms with E-state index in [1.807, 2.05) is 24.3 Å². The van der Waals surface area contributed by atoms with Gasteiger partial charge < -0.3 is 0 Å². The van der Waals surface area contributed by atoms with Crippen LogP contribution in [-0.2, 0) is 6.42 Å². The van der Waals surface area contributed by atoms with Crippen LogP contribution in [0.15, 0.2) is 61.2 Å². The normalized spacial score (nSPS) is 10.5. The van der Waals surface area contributed by atoms with E-state index in [4.69, 9.17) is 0 Å². The van der Waals surface area contributed by atoms with Crippen LogP contribution < -0.4 is 0 Å². The molecule has 0 N–H and O–H groups in total. The molecular formula is C16H12N2O. The van der Waals surface area contributed by atoms with E-state index in [2.05, 4.69) is 28.2 Å². The molecule has 0 radical (unpaired) electrons. The van der Waals surface area contributed by atoms with E-state index in [1.165, 1.54) is 11.7 Å². The summed E-state index contributed by atoms with van der Waals surface area (Å²) in [5, 5.41) is 2.33. The van der Waals surface area contributed by atoms with Crippen LogP contribution in [0, 0.1) is 0 Å². The summed E-state index contributed by atoms with van der Waals surface area (Å²) in [6.45, 7) is 0. The Hall–Kier alpha value is -2.55. The van der Waals surface area contributed by atoms with E-state index in [9.17, 15) is 4.79 Å². The second-order valence-corrected chi connectivity index (χ2v) is 4.41. The fraction of sp³-hybridized carbons (Fsp3) is 0.0625. The molecule has 0 aliphatic heterocycles. The Morgan fingerprint density at radius 2 is 1.68 bits per heavy atom. The van der Waals surface area contributed by atoms with Gasteiger partial charge in [-0.05, 0) is 16.3 Å². The van der Waals surface area contributed by atoms with Crippen molar-refractivity contribution in [2.24, 2.45) is 0 Å². The molecule has 0 saturated carbocycles. The van der Waals surface area contributed by atoms with Crippen molar-refractivity contribution in [1.82, 2.24) is 9.97 Å². The van der Waals surface area contributed by atoms with Gasteiger partial charge in [-0.25, -0.2) is 9.97 Å². The standard InChI is InChI=1S/C16H12N2O/c19-16(15-9-17-11-18-10-15)8-12-5-6-13-3-1-2-4-14(13)7-12/h1-7,9-11H,8H2. The maximum absolute atomic E-state index is 12.1. The zero-order valence-electron chi connectivity index (χ0n) is 10.3. The lowest BCUT2D eigenvalue weighted by Crippen LogP contribution is -2.04. The summed E-state index contributed by atoms with van der Waals surface area (Å²) in [5.41, 5.74) is 1.56. The minimum atomic E-state index is 0.0379. The molecule has 0 aliphatic carbocycles. The number of nitrogens with zero attached hydrogens (tertiary/aromatic N) is 2. The summed E-state index contributed by atoms with van der Waals surface area (Å²) < 4.78 is 0. The summed E-state index contributed by atoms with van der Waals surface area (Å²) in [6.07, 6.45) is 4.90. The first-order valence-electron chi connectivity index (χ1n) is 6.09. The molecule has 3 nitrogen and oxygen atoms in total. The molecule has 0 fully saturated rings. The predicted molar refractivity (Wildman–Crippen MR) is 74.0 cm³/mol. The number of aromatic nitrogens is 2. The van der Waals surface area contributed by atoms with Crippen LogP contribution in [0.25, 0.3) is 10.8 Å². The van der Waals surface area contributed by atoms with Crippen molar-refractivity contribution in [2.45, 2.75) is 6.42 Å². The Bertz CT molecular complexity index is 723. The minimum Gasteiger partial charge on any atom is -0.294 e. The highest BCUT2D eigenvalue weighted by Gasteiger charge is 2.07. The third-order valence-corrected chi connectivity index (χ3v) is 3.06. The van der Waals surface area contributed by atoms with Crippen molar-refractivity contribution in [3.05, 3.63) is 72.3 Å². The zero-order valence-corrected chi connectivity index (χ0v) is 10.3. The molecule has 0 unspecified atom stereocenters. The lowest BCUT2D eigenvalue weighted by Gasteiger charge is -2.03. The van der Waals surface area contributed by atoms with Gasteiger partial charge in [-0.15, -0.1) is 0 Å². The maximum atomic E-state index is 12.1. The molecule has 1 heterocycles. The topological polar surface area (TPSA) is 42.9 Å². The van der Waals surface area contributed by atoms with Gasteiger partial charge in [-0.2, -0.15) is 0 Å². The van der Waals surface area contributed by atoms with Crippen LogP contribution in [-0.4, -0.2) is 15.8 Å². The highest BCUT2D eigenvalue weighted by molar-refractivity contribution is 5.97. The number of Topliss-reactive ketones (excluding diaryl/α,β-unsaturated/α-hetero) is 1. The average Bonchev–Trinajstić information content (AvgIpc) is 2.48. The maximum Gasteiger partial charge on any atom is 0.170 e. The third kappa shape index (κ3) is 2.50. The van der Waals surface area contributed by atoms with Gasteiger partial charge in [-0.3, -0.25) is 4.79 Å². The van der Waals surface area contributed by atoms with Gasteiger partial charge in [0, 0.05) is 18.8 Å². The molecule has 1 aromatic heterocycles. The first-order valence-corrected chi connectivity index (χ1v) is 6.09. The highest BCUT2D eigenvalue weighted by atomic mass is 16.1. The average molecular weight is 248 g/mol. The van der Waals surface area contributed by atoms with E-state index in [1.54, 1.807) is 12.4 Å². The van der Waals surface area contributed by atoms with Crippen molar-refractivity contribution in [3.63, 3.8) is 0 Å². The fourth-order valence-electron chi connectivity index (χ4n) is 2.08. The summed E-state index contributed by atoms with van der Waals surface area (Å²) in [7, 11) is 0. The molecule has 3 rings (SSSR count). The molecule has 0 amide bonds. The number of ketones is 1. The number of carbonyl (C=O) groups excluding carboxylic acids is 1. The number of hydrogen-bond donors (Lipinski definition) is 0. The molecule has 3 heteroatoms. The quantitative estimate of drug-likeness (QED) is 0.669. The second-order valence-electron chi connectivity index (χ2n) is 4.41. The van der Waals surface area contributed by atoms with Gasteiger partial charge >= 0.3 is 0 Å². The number of hydrogen-bond acceptors (Lipinski definition) is 3. The van der Waals surface area contributed by atoms with E-state index in [0.29, 0.717) is 12.0 Å². The molecular weight excluding hydrogens is 236 g/mol. The lowest BCUT2D eigenvalue weighted by atomic mass is 10.0. The zero-order chi connectivity index (χ0) is 13.1. The lowest BCUT2D eigenvalue weighted by molar-refractivity contribution is 0.0992. The van der Waals surface area contributed by atoms with Crippen LogP contribution in [0.1, 0.15) is 15.9 Å².